The van der Waals surface area contributed by atoms with Crippen molar-refractivity contribution >= 4 is 34.6 Å². The number of rotatable bonds is 7. The minimum atomic E-state index is -1.03. The summed E-state index contributed by atoms with van der Waals surface area (Å²) in [6.07, 6.45) is -1.02. The Hall–Kier alpha value is -3.59. The van der Waals surface area contributed by atoms with Gasteiger partial charge in [0.15, 0.2) is 6.10 Å². The molecule has 0 aliphatic rings. The number of nitro benzene ring substituents is 1. The molecule has 0 fully saturated rings. The summed E-state index contributed by atoms with van der Waals surface area (Å²) in [6.45, 7) is 5.34. The summed E-state index contributed by atoms with van der Waals surface area (Å²) < 4.78 is 5.29. The summed E-state index contributed by atoms with van der Waals surface area (Å²) in [5, 5.41) is 14.1. The number of anilines is 1. The molecule has 9 heteroatoms. The summed E-state index contributed by atoms with van der Waals surface area (Å²) in [4.78, 5) is 40.2. The highest BCUT2D eigenvalue weighted by Crippen LogP contribution is 2.29. The van der Waals surface area contributed by atoms with Crippen LogP contribution < -0.4 is 5.32 Å². The Labute approximate surface area is 183 Å². The fourth-order valence-corrected chi connectivity index (χ4v) is 3.80. The van der Waals surface area contributed by atoms with Crippen LogP contribution in [-0.2, 0) is 20.7 Å². The van der Waals surface area contributed by atoms with Crippen molar-refractivity contribution in [2.24, 2.45) is 0 Å². The van der Waals surface area contributed by atoms with Gasteiger partial charge in [-0.3, -0.25) is 19.7 Å². The second-order valence-electron chi connectivity index (χ2n) is 6.97. The Morgan fingerprint density at radius 1 is 1.13 bits per heavy atom. The van der Waals surface area contributed by atoms with Crippen molar-refractivity contribution in [3.8, 4) is 11.3 Å². The van der Waals surface area contributed by atoms with E-state index in [2.05, 4.69) is 10.3 Å². The predicted molar refractivity (Wildman–Crippen MR) is 118 cm³/mol. The monoisotopic (exact) mass is 439 g/mol. The lowest BCUT2D eigenvalue weighted by Gasteiger charge is -2.13. The van der Waals surface area contributed by atoms with Crippen LogP contribution in [0.2, 0.25) is 0 Å². The van der Waals surface area contributed by atoms with Gasteiger partial charge in [-0.2, -0.15) is 0 Å². The fourth-order valence-electron chi connectivity index (χ4n) is 2.86. The summed E-state index contributed by atoms with van der Waals surface area (Å²) in [7, 11) is 0. The number of aromatic nitrogens is 1. The van der Waals surface area contributed by atoms with Gasteiger partial charge in [-0.15, -0.1) is 11.3 Å². The lowest BCUT2D eigenvalue weighted by molar-refractivity contribution is -0.384. The van der Waals surface area contributed by atoms with Crippen LogP contribution in [0.25, 0.3) is 11.3 Å². The van der Waals surface area contributed by atoms with Crippen LogP contribution in [0.5, 0.6) is 0 Å². The van der Waals surface area contributed by atoms with Crippen LogP contribution in [0, 0.1) is 24.0 Å². The van der Waals surface area contributed by atoms with E-state index in [1.165, 1.54) is 42.5 Å². The Morgan fingerprint density at radius 3 is 2.39 bits per heavy atom. The molecule has 3 rings (SSSR count). The third-order valence-electron chi connectivity index (χ3n) is 4.46. The van der Waals surface area contributed by atoms with Gasteiger partial charge in [0.1, 0.15) is 0 Å². The van der Waals surface area contributed by atoms with E-state index >= 15 is 0 Å². The number of nitrogens with zero attached hydrogens (tertiary/aromatic N) is 2. The highest BCUT2D eigenvalue weighted by Gasteiger charge is 2.21. The minimum absolute atomic E-state index is 0.00384. The van der Waals surface area contributed by atoms with Gasteiger partial charge in [-0.1, -0.05) is 29.8 Å². The third-order valence-corrected chi connectivity index (χ3v) is 5.43. The molecular weight excluding hydrogens is 418 g/mol. The van der Waals surface area contributed by atoms with Gasteiger partial charge in [-0.05, 0) is 32.9 Å². The van der Waals surface area contributed by atoms with Gasteiger partial charge >= 0.3 is 5.97 Å². The summed E-state index contributed by atoms with van der Waals surface area (Å²) in [5.41, 5.74) is 3.08. The molecule has 0 aliphatic heterocycles. The number of carbonyl (C=O) groups is 2. The van der Waals surface area contributed by atoms with Crippen LogP contribution in [0.1, 0.15) is 22.4 Å². The van der Waals surface area contributed by atoms with E-state index in [1.807, 2.05) is 38.1 Å². The van der Waals surface area contributed by atoms with E-state index in [1.54, 1.807) is 0 Å². The van der Waals surface area contributed by atoms with Gasteiger partial charge in [-0.25, -0.2) is 4.98 Å². The number of benzene rings is 2. The normalized spacial score (nSPS) is 11.6. The number of nitrogens with one attached hydrogen (secondary N) is 1. The zero-order valence-corrected chi connectivity index (χ0v) is 18.1. The van der Waals surface area contributed by atoms with E-state index in [-0.39, 0.29) is 12.1 Å². The molecule has 1 heterocycles. The maximum absolute atomic E-state index is 12.4. The van der Waals surface area contributed by atoms with E-state index in [0.717, 1.165) is 26.7 Å². The van der Waals surface area contributed by atoms with Gasteiger partial charge in [0.2, 0.25) is 0 Å². The number of hydrogen-bond donors (Lipinski definition) is 1. The number of thiazole rings is 1. The predicted octanol–water partition coefficient (Wildman–Crippen LogP) is 4.45. The van der Waals surface area contributed by atoms with E-state index in [0.29, 0.717) is 5.69 Å². The quantitative estimate of drug-likeness (QED) is 0.331. The number of aryl methyl sites for hydroxylation is 2. The van der Waals surface area contributed by atoms with Crippen LogP contribution in [0.4, 0.5) is 11.4 Å². The SMILES string of the molecule is Cc1ccc(-c2nc(C)sc2CC(=O)OC(C)C(=O)Nc2ccc([N+](=O)[O-])cc2)cc1. The molecule has 1 unspecified atom stereocenters. The molecule has 0 saturated heterocycles. The molecule has 1 atom stereocenters. The Morgan fingerprint density at radius 2 is 1.77 bits per heavy atom. The number of hydrogen-bond acceptors (Lipinski definition) is 7. The Kier molecular flexibility index (Phi) is 6.76. The summed E-state index contributed by atoms with van der Waals surface area (Å²) in [5.74, 6) is -1.06. The molecule has 0 saturated carbocycles. The molecule has 0 aliphatic carbocycles. The molecule has 0 radical (unpaired) electrons. The molecule has 1 N–H and O–H groups in total. The van der Waals surface area contributed by atoms with Crippen LogP contribution >= 0.6 is 11.3 Å². The maximum atomic E-state index is 12.4. The number of ether oxygens (including phenoxy) is 1. The van der Waals surface area contributed by atoms with E-state index in [9.17, 15) is 19.7 Å². The van der Waals surface area contributed by atoms with Crippen molar-refractivity contribution in [1.29, 1.82) is 0 Å². The van der Waals surface area contributed by atoms with Crippen molar-refractivity contribution in [2.45, 2.75) is 33.3 Å². The third kappa shape index (κ3) is 5.73. The molecule has 160 valence electrons. The van der Waals surface area contributed by atoms with E-state index in [4.69, 9.17) is 4.74 Å². The molecule has 0 bridgehead atoms. The number of carbonyl (C=O) groups excluding carboxylic acids is 2. The van der Waals surface area contributed by atoms with Crippen molar-refractivity contribution in [3.63, 3.8) is 0 Å². The zero-order valence-electron chi connectivity index (χ0n) is 17.2. The number of amides is 1. The molecule has 8 nitrogen and oxygen atoms in total. The largest absolute Gasteiger partial charge is 0.452 e. The topological polar surface area (TPSA) is 111 Å². The Bertz CT molecular complexity index is 1110. The molecular formula is C22H21N3O5S. The zero-order chi connectivity index (χ0) is 22.5. The highest BCUT2D eigenvalue weighted by molar-refractivity contribution is 7.12. The average Bonchev–Trinajstić information content (AvgIpc) is 3.08. The average molecular weight is 439 g/mol. The van der Waals surface area contributed by atoms with Crippen molar-refractivity contribution in [1.82, 2.24) is 4.98 Å². The second-order valence-corrected chi connectivity index (χ2v) is 8.26. The van der Waals surface area contributed by atoms with Crippen LogP contribution in [0.15, 0.2) is 48.5 Å². The lowest BCUT2D eigenvalue weighted by Crippen LogP contribution is -2.30. The standard InChI is InChI=1S/C22H21N3O5S/c1-13-4-6-16(7-5-13)21-19(31-15(3)23-21)12-20(26)30-14(2)22(27)24-17-8-10-18(11-9-17)25(28)29/h4-11,14H,12H2,1-3H3,(H,24,27). The first kappa shape index (κ1) is 22.1. The van der Waals surface area contributed by atoms with Crippen molar-refractivity contribution in [2.75, 3.05) is 5.32 Å². The molecule has 31 heavy (non-hydrogen) atoms. The number of nitro groups is 1. The number of non-ortho nitro benzene ring substituents is 1. The fraction of sp³-hybridized carbons (Fsp3) is 0.227. The Balaban J connectivity index is 1.62. The molecule has 1 aromatic heterocycles. The molecule has 1 amide bonds. The lowest BCUT2D eigenvalue weighted by atomic mass is 10.1. The first-order chi connectivity index (χ1) is 14.7. The summed E-state index contributed by atoms with van der Waals surface area (Å²) >= 11 is 1.42. The second kappa shape index (κ2) is 9.48. The first-order valence-corrected chi connectivity index (χ1v) is 10.3. The maximum Gasteiger partial charge on any atom is 0.311 e. The smallest absolute Gasteiger partial charge is 0.311 e. The van der Waals surface area contributed by atoms with Gasteiger partial charge in [0.05, 0.1) is 22.0 Å². The van der Waals surface area contributed by atoms with Gasteiger partial charge in [0, 0.05) is 28.3 Å². The molecule has 3 aromatic rings. The summed E-state index contributed by atoms with van der Waals surface area (Å²) in [6, 6.07) is 13.3. The van der Waals surface area contributed by atoms with Crippen LogP contribution in [0.3, 0.4) is 0 Å². The van der Waals surface area contributed by atoms with E-state index < -0.39 is 22.9 Å². The molecule has 2 aromatic carbocycles. The van der Waals surface area contributed by atoms with Crippen molar-refractivity contribution in [3.05, 3.63) is 74.1 Å². The highest BCUT2D eigenvalue weighted by atomic mass is 32.1. The number of esters is 1. The van der Waals surface area contributed by atoms with Gasteiger partial charge in [0.25, 0.3) is 11.6 Å². The first-order valence-electron chi connectivity index (χ1n) is 9.51. The van der Waals surface area contributed by atoms with Crippen molar-refractivity contribution < 1.29 is 19.2 Å². The minimum Gasteiger partial charge on any atom is -0.452 e. The van der Waals surface area contributed by atoms with Crippen LogP contribution in [-0.4, -0.2) is 27.9 Å². The molecule has 0 spiro atoms. The van der Waals surface area contributed by atoms with Gasteiger partial charge < -0.3 is 10.1 Å².